The van der Waals surface area contributed by atoms with Crippen molar-refractivity contribution in [2.45, 2.75) is 20.8 Å². The lowest BCUT2D eigenvalue weighted by molar-refractivity contribution is -0.117. The van der Waals surface area contributed by atoms with E-state index < -0.39 is 0 Å². The molecule has 1 aliphatic heterocycles. The molecule has 0 atom stereocenters. The van der Waals surface area contributed by atoms with Crippen molar-refractivity contribution >= 4 is 17.3 Å². The lowest BCUT2D eigenvalue weighted by Crippen LogP contribution is -2.48. The van der Waals surface area contributed by atoms with E-state index in [0.717, 1.165) is 37.4 Å². The third-order valence-corrected chi connectivity index (χ3v) is 4.95. The van der Waals surface area contributed by atoms with Crippen LogP contribution in [-0.2, 0) is 4.79 Å². The zero-order chi connectivity index (χ0) is 17.8. The van der Waals surface area contributed by atoms with E-state index in [1.165, 1.54) is 16.8 Å². The molecule has 5 nitrogen and oxygen atoms in total. The first-order valence-electron chi connectivity index (χ1n) is 8.78. The first kappa shape index (κ1) is 17.4. The van der Waals surface area contributed by atoms with Gasteiger partial charge < -0.3 is 10.2 Å². The molecular formula is C20H26N4O. The van der Waals surface area contributed by atoms with Crippen LogP contribution in [0.15, 0.2) is 36.7 Å². The summed E-state index contributed by atoms with van der Waals surface area (Å²) in [6, 6.07) is 8.07. The Kier molecular flexibility index (Phi) is 5.34. The molecular weight excluding hydrogens is 312 g/mol. The van der Waals surface area contributed by atoms with E-state index in [1.54, 1.807) is 0 Å². The summed E-state index contributed by atoms with van der Waals surface area (Å²) in [6.07, 6.45) is 3.74. The lowest BCUT2D eigenvalue weighted by Gasteiger charge is -2.36. The van der Waals surface area contributed by atoms with Gasteiger partial charge in [-0.05, 0) is 49.6 Å². The van der Waals surface area contributed by atoms with Crippen LogP contribution in [0.3, 0.4) is 0 Å². The van der Waals surface area contributed by atoms with Crippen LogP contribution in [0.5, 0.6) is 0 Å². The Balaban J connectivity index is 1.53. The Morgan fingerprint density at radius 3 is 2.56 bits per heavy atom. The summed E-state index contributed by atoms with van der Waals surface area (Å²) in [5.41, 5.74) is 5.68. The molecule has 3 rings (SSSR count). The highest BCUT2D eigenvalue weighted by Crippen LogP contribution is 2.20. The van der Waals surface area contributed by atoms with Crippen LogP contribution in [0.2, 0.25) is 0 Å². The Hall–Kier alpha value is -2.40. The molecule has 1 amide bonds. The number of nitrogens with zero attached hydrogens (tertiary/aromatic N) is 3. The molecule has 2 heterocycles. The monoisotopic (exact) mass is 338 g/mol. The maximum absolute atomic E-state index is 12.4. The number of piperazine rings is 1. The Labute approximate surface area is 149 Å². The third-order valence-electron chi connectivity index (χ3n) is 4.95. The number of benzene rings is 1. The van der Waals surface area contributed by atoms with Gasteiger partial charge in [0.1, 0.15) is 0 Å². The fourth-order valence-corrected chi connectivity index (χ4v) is 3.25. The standard InChI is InChI=1S/C20H26N4O/c1-15-5-4-6-18(17(15)3)22-20(25)14-23-9-11-24(12-10-23)19-7-8-21-13-16(19)2/h4-8,13H,9-12,14H2,1-3H3,(H,22,25). The molecule has 0 spiro atoms. The number of pyridine rings is 1. The van der Waals surface area contributed by atoms with Gasteiger partial charge in [-0.2, -0.15) is 0 Å². The van der Waals surface area contributed by atoms with Crippen LogP contribution in [0.4, 0.5) is 11.4 Å². The minimum Gasteiger partial charge on any atom is -0.369 e. The smallest absolute Gasteiger partial charge is 0.238 e. The second-order valence-electron chi connectivity index (χ2n) is 6.72. The van der Waals surface area contributed by atoms with Gasteiger partial charge in [-0.25, -0.2) is 0 Å². The lowest BCUT2D eigenvalue weighted by atomic mass is 10.1. The molecule has 1 fully saturated rings. The van der Waals surface area contributed by atoms with Crippen LogP contribution in [-0.4, -0.2) is 48.5 Å². The summed E-state index contributed by atoms with van der Waals surface area (Å²) >= 11 is 0. The van der Waals surface area contributed by atoms with E-state index in [-0.39, 0.29) is 5.91 Å². The number of aryl methyl sites for hydroxylation is 2. The number of carbonyl (C=O) groups is 1. The Bertz CT molecular complexity index is 751. The Morgan fingerprint density at radius 2 is 1.84 bits per heavy atom. The molecule has 1 N–H and O–H groups in total. The number of hydrogen-bond donors (Lipinski definition) is 1. The number of nitrogens with one attached hydrogen (secondary N) is 1. The SMILES string of the molecule is Cc1cnccc1N1CCN(CC(=O)Nc2cccc(C)c2C)CC1. The summed E-state index contributed by atoms with van der Waals surface area (Å²) in [6.45, 7) is 10.3. The summed E-state index contributed by atoms with van der Waals surface area (Å²) in [7, 11) is 0. The van der Waals surface area contributed by atoms with Gasteiger partial charge in [-0.15, -0.1) is 0 Å². The zero-order valence-electron chi connectivity index (χ0n) is 15.2. The minimum atomic E-state index is 0.0576. The molecule has 1 aromatic heterocycles. The van der Waals surface area contributed by atoms with Gasteiger partial charge >= 0.3 is 0 Å². The number of amides is 1. The van der Waals surface area contributed by atoms with Crippen LogP contribution in [0.1, 0.15) is 16.7 Å². The first-order valence-corrected chi connectivity index (χ1v) is 8.78. The van der Waals surface area contributed by atoms with Gasteiger partial charge in [-0.1, -0.05) is 12.1 Å². The van der Waals surface area contributed by atoms with Gasteiger partial charge in [0.25, 0.3) is 0 Å². The number of rotatable bonds is 4. The van der Waals surface area contributed by atoms with Crippen molar-refractivity contribution < 1.29 is 4.79 Å². The van der Waals surface area contributed by atoms with E-state index >= 15 is 0 Å². The van der Waals surface area contributed by atoms with Crippen LogP contribution < -0.4 is 10.2 Å². The molecule has 0 unspecified atom stereocenters. The number of aromatic nitrogens is 1. The number of carbonyl (C=O) groups excluding carboxylic acids is 1. The second kappa shape index (κ2) is 7.66. The van der Waals surface area contributed by atoms with Gasteiger partial charge in [0.15, 0.2) is 0 Å². The van der Waals surface area contributed by atoms with Crippen molar-refractivity contribution in [3.8, 4) is 0 Å². The average molecular weight is 338 g/mol. The van der Waals surface area contributed by atoms with Crippen molar-refractivity contribution in [1.29, 1.82) is 0 Å². The molecule has 5 heteroatoms. The predicted molar refractivity (Wildman–Crippen MR) is 102 cm³/mol. The second-order valence-corrected chi connectivity index (χ2v) is 6.72. The molecule has 25 heavy (non-hydrogen) atoms. The maximum atomic E-state index is 12.4. The van der Waals surface area contributed by atoms with Crippen molar-refractivity contribution in [1.82, 2.24) is 9.88 Å². The van der Waals surface area contributed by atoms with Crippen LogP contribution in [0, 0.1) is 20.8 Å². The van der Waals surface area contributed by atoms with Crippen molar-refractivity contribution in [2.24, 2.45) is 0 Å². The number of anilines is 2. The fourth-order valence-electron chi connectivity index (χ4n) is 3.25. The Morgan fingerprint density at radius 1 is 1.08 bits per heavy atom. The first-order chi connectivity index (χ1) is 12.0. The molecule has 0 bridgehead atoms. The highest BCUT2D eigenvalue weighted by molar-refractivity contribution is 5.93. The van der Waals surface area contributed by atoms with E-state index in [2.05, 4.69) is 46.1 Å². The molecule has 1 aromatic carbocycles. The van der Waals surface area contributed by atoms with E-state index in [0.29, 0.717) is 6.54 Å². The van der Waals surface area contributed by atoms with Crippen LogP contribution >= 0.6 is 0 Å². The minimum absolute atomic E-state index is 0.0576. The molecule has 0 saturated carbocycles. The van der Waals surface area contributed by atoms with Gasteiger partial charge in [0, 0.05) is 49.9 Å². The molecule has 0 radical (unpaired) electrons. The molecule has 0 aliphatic carbocycles. The highest BCUT2D eigenvalue weighted by atomic mass is 16.2. The summed E-state index contributed by atoms with van der Waals surface area (Å²) in [4.78, 5) is 21.1. The van der Waals surface area contributed by atoms with Gasteiger partial charge in [0.2, 0.25) is 5.91 Å². The summed E-state index contributed by atoms with van der Waals surface area (Å²) in [5.74, 6) is 0.0576. The van der Waals surface area contributed by atoms with Crippen molar-refractivity contribution in [3.05, 3.63) is 53.3 Å². The highest BCUT2D eigenvalue weighted by Gasteiger charge is 2.20. The molecule has 1 saturated heterocycles. The van der Waals surface area contributed by atoms with E-state index in [9.17, 15) is 4.79 Å². The number of hydrogen-bond acceptors (Lipinski definition) is 4. The van der Waals surface area contributed by atoms with E-state index in [1.807, 2.05) is 31.5 Å². The molecule has 1 aliphatic rings. The van der Waals surface area contributed by atoms with Gasteiger partial charge in [-0.3, -0.25) is 14.7 Å². The van der Waals surface area contributed by atoms with Crippen molar-refractivity contribution in [2.75, 3.05) is 42.9 Å². The summed E-state index contributed by atoms with van der Waals surface area (Å²) in [5, 5.41) is 3.05. The third kappa shape index (κ3) is 4.17. The average Bonchev–Trinajstić information content (AvgIpc) is 2.60. The maximum Gasteiger partial charge on any atom is 0.238 e. The largest absolute Gasteiger partial charge is 0.369 e. The predicted octanol–water partition coefficient (Wildman–Crippen LogP) is 2.77. The molecule has 132 valence electrons. The van der Waals surface area contributed by atoms with E-state index in [4.69, 9.17) is 0 Å². The zero-order valence-corrected chi connectivity index (χ0v) is 15.2. The van der Waals surface area contributed by atoms with Crippen LogP contribution in [0.25, 0.3) is 0 Å². The quantitative estimate of drug-likeness (QED) is 0.931. The molecule has 2 aromatic rings. The van der Waals surface area contributed by atoms with Gasteiger partial charge in [0.05, 0.1) is 6.54 Å². The van der Waals surface area contributed by atoms with Crippen molar-refractivity contribution in [3.63, 3.8) is 0 Å². The normalized spacial score (nSPS) is 15.2. The fraction of sp³-hybridized carbons (Fsp3) is 0.400. The summed E-state index contributed by atoms with van der Waals surface area (Å²) < 4.78 is 0. The topological polar surface area (TPSA) is 48.5 Å².